The monoisotopic (exact) mass is 1750 g/mol. The summed E-state index contributed by atoms with van der Waals surface area (Å²) in [4.78, 5) is 20.7. The summed E-state index contributed by atoms with van der Waals surface area (Å²) in [6, 6.07) is 158. The third-order valence-corrected chi connectivity index (χ3v) is 24.9. The first-order valence-electron chi connectivity index (χ1n) is 45.3. The van der Waals surface area contributed by atoms with Crippen LogP contribution in [0.1, 0.15) is 37.5 Å². The fourth-order valence-electron chi connectivity index (χ4n) is 18.1. The highest BCUT2D eigenvalue weighted by Gasteiger charge is 2.25. The van der Waals surface area contributed by atoms with Gasteiger partial charge in [0.25, 0.3) is 17.7 Å². The lowest BCUT2D eigenvalue weighted by Gasteiger charge is -2.26. The Labute approximate surface area is 781 Å². The molecule has 0 aliphatic carbocycles. The second-order valence-electron chi connectivity index (χ2n) is 34.6. The summed E-state index contributed by atoms with van der Waals surface area (Å²) in [6.45, 7) is 11.1. The number of para-hydroxylation sites is 6. The maximum absolute atomic E-state index is 5.63. The molecular formula is C120H90N12O3. The summed E-state index contributed by atoms with van der Waals surface area (Å²) in [6.07, 6.45) is 0. The zero-order valence-corrected chi connectivity index (χ0v) is 74.9. The van der Waals surface area contributed by atoms with E-state index >= 15 is 0 Å². The van der Waals surface area contributed by atoms with Crippen molar-refractivity contribution in [3.8, 4) is 85.6 Å². The predicted octanol–water partition coefficient (Wildman–Crippen LogP) is 31.8. The average molecular weight is 1750 g/mol. The van der Waals surface area contributed by atoms with E-state index in [-0.39, 0.29) is 5.41 Å². The maximum Gasteiger partial charge on any atom is 0.258 e. The lowest BCUT2D eigenvalue weighted by Crippen LogP contribution is -2.10. The SMILES string of the molecule is CC(C)(C)c1ccc2c(c1)c1ccccc1n2-c1ccc(N(c2ccccc2)c2ccc(-c3nc(-c4ccccc4)no3)cc2)cc1.Cc1ccc(N(c2ccc(-c3nc(-c4ccccc4)no3)cc2)c2ccc(-n3c4ccccc4c4ccccc43)cc2)cc1.Cc1ccc2c(c1)c1ccccc1n2-c1ccc(N(c2ccccc2)c2ccc(-c3nc(-c4ccccc4)no3)cc2)cc1. The van der Waals surface area contributed by atoms with Gasteiger partial charge < -0.3 is 42.0 Å². The van der Waals surface area contributed by atoms with E-state index in [0.717, 1.165) is 102 Å². The summed E-state index contributed by atoms with van der Waals surface area (Å²) < 4.78 is 23.9. The number of rotatable bonds is 18. The van der Waals surface area contributed by atoms with Crippen LogP contribution in [0.5, 0.6) is 0 Å². The van der Waals surface area contributed by atoms with Crippen LogP contribution in [-0.4, -0.2) is 44.1 Å². The molecule has 24 aromatic rings. The number of hydrogen-bond donors (Lipinski definition) is 0. The Balaban J connectivity index is 0.000000118. The van der Waals surface area contributed by atoms with Crippen molar-refractivity contribution in [1.82, 2.24) is 44.1 Å². The van der Waals surface area contributed by atoms with Crippen molar-refractivity contribution in [3.05, 3.63) is 472 Å². The third-order valence-electron chi connectivity index (χ3n) is 24.9. The molecule has 15 heteroatoms. The van der Waals surface area contributed by atoms with Crippen molar-refractivity contribution in [3.63, 3.8) is 0 Å². The van der Waals surface area contributed by atoms with Gasteiger partial charge in [0.1, 0.15) is 0 Å². The Morgan fingerprint density at radius 1 is 0.207 bits per heavy atom. The first-order valence-corrected chi connectivity index (χ1v) is 45.3. The van der Waals surface area contributed by atoms with E-state index in [4.69, 9.17) is 13.6 Å². The quantitative estimate of drug-likeness (QED) is 0.0807. The highest BCUT2D eigenvalue weighted by molar-refractivity contribution is 6.12. The normalized spacial score (nSPS) is 11.4. The van der Waals surface area contributed by atoms with Crippen LogP contribution in [0.2, 0.25) is 0 Å². The van der Waals surface area contributed by atoms with Gasteiger partial charge in [-0.05, 0) is 255 Å². The van der Waals surface area contributed by atoms with Crippen LogP contribution in [-0.2, 0) is 5.41 Å². The Morgan fingerprint density at radius 3 is 0.756 bits per heavy atom. The van der Waals surface area contributed by atoms with Gasteiger partial charge in [0.15, 0.2) is 0 Å². The fourth-order valence-corrected chi connectivity index (χ4v) is 18.1. The summed E-state index contributed by atoms with van der Waals surface area (Å²) in [5.74, 6) is 3.21. The molecule has 0 aliphatic rings. The van der Waals surface area contributed by atoms with Crippen LogP contribution in [0.25, 0.3) is 151 Å². The minimum atomic E-state index is 0.0780. The van der Waals surface area contributed by atoms with E-state index in [2.05, 4.69) is 409 Å². The molecule has 135 heavy (non-hydrogen) atoms. The van der Waals surface area contributed by atoms with E-state index < -0.39 is 0 Å². The molecule has 0 spiro atoms. The van der Waals surface area contributed by atoms with Gasteiger partial charge in [-0.1, -0.05) is 272 Å². The van der Waals surface area contributed by atoms with Crippen LogP contribution in [0.3, 0.4) is 0 Å². The third kappa shape index (κ3) is 16.5. The van der Waals surface area contributed by atoms with Crippen LogP contribution in [0.15, 0.2) is 469 Å². The van der Waals surface area contributed by atoms with Gasteiger partial charge in [-0.2, -0.15) is 15.0 Å². The first kappa shape index (κ1) is 82.8. The lowest BCUT2D eigenvalue weighted by atomic mass is 9.86. The van der Waals surface area contributed by atoms with Gasteiger partial charge in [-0.3, -0.25) is 0 Å². The lowest BCUT2D eigenvalue weighted by molar-refractivity contribution is 0.432. The average Bonchev–Trinajstić information content (AvgIpc) is 1.60. The van der Waals surface area contributed by atoms with Crippen molar-refractivity contribution in [2.45, 2.75) is 40.0 Å². The molecule has 6 heterocycles. The number of fused-ring (bicyclic) bond motifs is 9. The minimum Gasteiger partial charge on any atom is -0.334 e. The van der Waals surface area contributed by atoms with Crippen molar-refractivity contribution in [2.75, 3.05) is 14.7 Å². The molecular weight excluding hydrogens is 1660 g/mol. The number of hydrogen-bond acceptors (Lipinski definition) is 12. The van der Waals surface area contributed by atoms with E-state index in [1.807, 2.05) is 140 Å². The van der Waals surface area contributed by atoms with E-state index in [1.165, 1.54) is 82.1 Å². The van der Waals surface area contributed by atoms with Crippen molar-refractivity contribution in [2.24, 2.45) is 0 Å². The molecule has 15 nitrogen and oxygen atoms in total. The van der Waals surface area contributed by atoms with E-state index in [0.29, 0.717) is 35.1 Å². The first-order chi connectivity index (χ1) is 66.4. The van der Waals surface area contributed by atoms with Gasteiger partial charge in [-0.25, -0.2) is 0 Å². The Kier molecular flexibility index (Phi) is 22.0. The van der Waals surface area contributed by atoms with Crippen molar-refractivity contribution < 1.29 is 13.6 Å². The molecule has 0 saturated carbocycles. The highest BCUT2D eigenvalue weighted by atomic mass is 16.5. The molecule has 0 amide bonds. The van der Waals surface area contributed by atoms with E-state index in [9.17, 15) is 0 Å². The van der Waals surface area contributed by atoms with Crippen LogP contribution >= 0.6 is 0 Å². The summed E-state index contributed by atoms with van der Waals surface area (Å²) in [5, 5.41) is 20.2. The number of aromatic nitrogens is 9. The van der Waals surface area contributed by atoms with Crippen LogP contribution in [0, 0.1) is 13.8 Å². The summed E-state index contributed by atoms with van der Waals surface area (Å²) >= 11 is 0. The molecule has 6 aromatic heterocycles. The Bertz CT molecular complexity index is 8250. The number of benzene rings is 18. The highest BCUT2D eigenvalue weighted by Crippen LogP contribution is 2.45. The van der Waals surface area contributed by atoms with Crippen molar-refractivity contribution in [1.29, 1.82) is 0 Å². The molecule has 0 fully saturated rings. The van der Waals surface area contributed by atoms with Gasteiger partial charge in [-0.15, -0.1) is 0 Å². The molecule has 24 rings (SSSR count). The maximum atomic E-state index is 5.63. The number of anilines is 9. The van der Waals surface area contributed by atoms with Gasteiger partial charge in [0, 0.05) is 134 Å². The molecule has 0 bridgehead atoms. The van der Waals surface area contributed by atoms with Gasteiger partial charge >= 0.3 is 0 Å². The topological polar surface area (TPSA) is 141 Å². The van der Waals surface area contributed by atoms with Gasteiger partial charge in [0.05, 0.1) is 33.1 Å². The molecule has 0 N–H and O–H groups in total. The second kappa shape index (κ2) is 35.9. The van der Waals surface area contributed by atoms with Gasteiger partial charge in [0.2, 0.25) is 17.5 Å². The summed E-state index contributed by atoms with van der Waals surface area (Å²) in [7, 11) is 0. The van der Waals surface area contributed by atoms with E-state index in [1.54, 1.807) is 0 Å². The predicted molar refractivity (Wildman–Crippen MR) is 551 cm³/mol. The smallest absolute Gasteiger partial charge is 0.258 e. The molecule has 0 radical (unpaired) electrons. The number of nitrogens with zero attached hydrogens (tertiary/aromatic N) is 12. The Hall–Kier alpha value is -17.8. The van der Waals surface area contributed by atoms with Crippen LogP contribution in [0.4, 0.5) is 51.2 Å². The zero-order valence-electron chi connectivity index (χ0n) is 74.9. The molecule has 648 valence electrons. The second-order valence-corrected chi connectivity index (χ2v) is 34.6. The minimum absolute atomic E-state index is 0.0780. The molecule has 0 atom stereocenters. The molecule has 0 saturated heterocycles. The van der Waals surface area contributed by atoms with Crippen LogP contribution < -0.4 is 14.7 Å². The molecule has 0 aliphatic heterocycles. The standard InChI is InChI=1S/C42H34N4O.2C39H28N4O/c1-42(2,3)31-20-27-39-37(28-31)36-16-10-11-17-38(36)46(39)35-25-23-34(24-26-35)45(32-14-8-5-9-15-32)33-21-18-30(19-22-33)41-43-40(44-47-41)29-12-6-4-7-13-29;1-27-16-25-37-35(26-27)34-14-8-9-15-36(34)43(37)33-23-21-32(22-24-33)42(30-12-6-3-7-13-30)31-19-17-29(18-20-31)39-40-38(41-44-39)28-10-4-2-5-11-28;1-27-15-19-30(20-16-27)42(31-21-17-29(18-22-31)39-40-38(41-44-39)28-9-3-2-4-10-28)32-23-25-33(26-24-32)43-36-13-7-5-11-34(36)35-12-6-8-14-37(35)43/h4-28H,1-3H3;2*2-26H,1H3. The zero-order chi connectivity index (χ0) is 90.9. The molecule has 0 unspecified atom stereocenters. The largest absolute Gasteiger partial charge is 0.334 e. The Morgan fingerprint density at radius 2 is 0.444 bits per heavy atom. The molecule has 18 aromatic carbocycles. The fraction of sp³-hybridized carbons (Fsp3) is 0.0500. The summed E-state index contributed by atoms with van der Waals surface area (Å²) in [5.41, 5.74) is 29.4. The van der Waals surface area contributed by atoms with Crippen molar-refractivity contribution >= 4 is 117 Å². The number of aryl methyl sites for hydroxylation is 2.